The van der Waals surface area contributed by atoms with Gasteiger partial charge in [-0.2, -0.15) is 10.2 Å². The monoisotopic (exact) mass is 518 g/mol. The summed E-state index contributed by atoms with van der Waals surface area (Å²) in [6.45, 7) is 0. The third kappa shape index (κ3) is 5.60. The predicted octanol–water partition coefficient (Wildman–Crippen LogP) is 8.23. The molecule has 0 radical (unpaired) electrons. The summed E-state index contributed by atoms with van der Waals surface area (Å²) in [5.74, 6) is 1.96. The minimum absolute atomic E-state index is 0.514. The van der Waals surface area contributed by atoms with E-state index in [4.69, 9.17) is 24.4 Å². The number of hydrogen-bond acceptors (Lipinski definition) is 4. The molecule has 0 spiro atoms. The first-order valence-corrected chi connectivity index (χ1v) is 14.0. The molecule has 2 fully saturated rings. The molecule has 0 saturated heterocycles. The van der Waals surface area contributed by atoms with Crippen molar-refractivity contribution in [2.24, 2.45) is 0 Å². The number of aromatic amines is 2. The van der Waals surface area contributed by atoms with Crippen molar-refractivity contribution < 1.29 is 0 Å². The predicted molar refractivity (Wildman–Crippen MR) is 150 cm³/mol. The van der Waals surface area contributed by atoms with E-state index in [9.17, 15) is 0 Å². The molecule has 2 aromatic heterocycles. The molecular weight excluding hydrogens is 484 g/mol. The van der Waals surface area contributed by atoms with Crippen LogP contribution in [0, 0.1) is 9.54 Å². The molecule has 2 saturated carbocycles. The molecule has 2 aliphatic carbocycles. The van der Waals surface area contributed by atoms with Crippen LogP contribution in [0.1, 0.15) is 76.3 Å². The highest BCUT2D eigenvalue weighted by molar-refractivity contribution is 7.71. The van der Waals surface area contributed by atoms with Crippen molar-refractivity contribution in [2.45, 2.75) is 76.3 Å². The van der Waals surface area contributed by atoms with Crippen LogP contribution in [-0.4, -0.2) is 29.5 Å². The summed E-state index contributed by atoms with van der Waals surface area (Å²) >= 11 is 10.8. The van der Waals surface area contributed by atoms with E-state index in [1.165, 1.54) is 64.2 Å². The van der Waals surface area contributed by atoms with Gasteiger partial charge in [-0.1, -0.05) is 99.2 Å². The van der Waals surface area contributed by atoms with Gasteiger partial charge in [0.1, 0.15) is 0 Å². The van der Waals surface area contributed by atoms with Gasteiger partial charge in [-0.15, -0.1) is 0 Å². The first-order chi connectivity index (χ1) is 17.7. The molecule has 2 heterocycles. The summed E-state index contributed by atoms with van der Waals surface area (Å²) in [5.41, 5.74) is 2.27. The van der Waals surface area contributed by atoms with Crippen molar-refractivity contribution in [3.63, 3.8) is 0 Å². The highest BCUT2D eigenvalue weighted by atomic mass is 32.1. The number of nitrogens with zero attached hydrogens (tertiary/aromatic N) is 4. The zero-order chi connectivity index (χ0) is 24.7. The van der Waals surface area contributed by atoms with Crippen LogP contribution >= 0.6 is 24.4 Å². The molecule has 2 aromatic carbocycles. The Labute approximate surface area is 222 Å². The molecule has 0 bridgehead atoms. The number of nitrogens with one attached hydrogen (secondary N) is 2. The zero-order valence-corrected chi connectivity index (χ0v) is 22.2. The Morgan fingerprint density at radius 3 is 1.28 bits per heavy atom. The number of hydrogen-bond donors (Lipinski definition) is 2. The fourth-order valence-electron chi connectivity index (χ4n) is 5.55. The minimum Gasteiger partial charge on any atom is -0.297 e. The van der Waals surface area contributed by atoms with Crippen LogP contribution in [0.2, 0.25) is 0 Å². The minimum atomic E-state index is 0.514. The fraction of sp³-hybridized carbons (Fsp3) is 0.429. The molecule has 2 N–H and O–H groups in total. The van der Waals surface area contributed by atoms with Gasteiger partial charge in [0.15, 0.2) is 21.2 Å². The molecule has 0 unspecified atom stereocenters. The van der Waals surface area contributed by atoms with Gasteiger partial charge < -0.3 is 0 Å². The average Bonchev–Trinajstić information content (AvgIpc) is 3.53. The smallest absolute Gasteiger partial charge is 0.195 e. The van der Waals surface area contributed by atoms with Gasteiger partial charge in [0.05, 0.1) is 0 Å². The van der Waals surface area contributed by atoms with E-state index in [0.29, 0.717) is 12.1 Å². The third-order valence-electron chi connectivity index (χ3n) is 7.35. The lowest BCUT2D eigenvalue weighted by Crippen LogP contribution is -2.14. The normalized spacial score (nSPS) is 16.9. The molecule has 0 amide bonds. The van der Waals surface area contributed by atoms with Crippen LogP contribution < -0.4 is 0 Å². The molecule has 6 nitrogen and oxygen atoms in total. The molecule has 188 valence electrons. The quantitative estimate of drug-likeness (QED) is 0.267. The molecule has 0 aliphatic heterocycles. The summed E-state index contributed by atoms with van der Waals surface area (Å²) in [4.78, 5) is 0. The lowest BCUT2D eigenvalue weighted by Gasteiger charge is -2.24. The first-order valence-electron chi connectivity index (χ1n) is 13.2. The van der Waals surface area contributed by atoms with Crippen LogP contribution in [0.4, 0.5) is 0 Å². The summed E-state index contributed by atoms with van der Waals surface area (Å²) < 4.78 is 5.93. The van der Waals surface area contributed by atoms with E-state index < -0.39 is 0 Å². The van der Waals surface area contributed by atoms with Gasteiger partial charge >= 0.3 is 0 Å². The maximum Gasteiger partial charge on any atom is 0.195 e. The van der Waals surface area contributed by atoms with E-state index in [2.05, 4.69) is 53.8 Å². The number of aromatic nitrogens is 6. The lowest BCUT2D eigenvalue weighted by molar-refractivity contribution is 0.352. The standard InChI is InChI=1S/2C14H17N3S/c2*18-14-16-15-13(11-7-3-1-4-8-11)17(14)12-9-5-2-6-10-12/h2*1,3-4,7-8,12H,2,5-6,9-10H2,(H,16,18). The van der Waals surface area contributed by atoms with Gasteiger partial charge in [-0.05, 0) is 50.1 Å². The molecular formula is C28H34N6S2. The Morgan fingerprint density at radius 2 is 0.917 bits per heavy atom. The van der Waals surface area contributed by atoms with Crippen molar-refractivity contribution in [1.82, 2.24) is 29.5 Å². The van der Waals surface area contributed by atoms with Crippen LogP contribution in [0.15, 0.2) is 60.7 Å². The van der Waals surface area contributed by atoms with E-state index in [-0.39, 0.29) is 0 Å². The van der Waals surface area contributed by atoms with Gasteiger partial charge in [0, 0.05) is 23.2 Å². The molecule has 0 atom stereocenters. The highest BCUT2D eigenvalue weighted by Crippen LogP contribution is 2.33. The van der Waals surface area contributed by atoms with E-state index in [1.807, 2.05) is 36.4 Å². The topological polar surface area (TPSA) is 67.2 Å². The zero-order valence-electron chi connectivity index (χ0n) is 20.6. The number of benzene rings is 2. The molecule has 2 aliphatic rings. The number of H-pyrrole nitrogens is 2. The van der Waals surface area contributed by atoms with Gasteiger partial charge in [-0.25, -0.2) is 0 Å². The largest absolute Gasteiger partial charge is 0.297 e. The van der Waals surface area contributed by atoms with E-state index in [0.717, 1.165) is 32.3 Å². The van der Waals surface area contributed by atoms with Crippen molar-refractivity contribution in [1.29, 1.82) is 0 Å². The fourth-order valence-corrected chi connectivity index (χ4v) is 6.11. The molecule has 4 aromatic rings. The lowest BCUT2D eigenvalue weighted by atomic mass is 9.95. The van der Waals surface area contributed by atoms with Crippen LogP contribution in [0.3, 0.4) is 0 Å². The second-order valence-electron chi connectivity index (χ2n) is 9.76. The SMILES string of the molecule is S=c1[nH]nc(-c2ccccc2)n1C1CCCCC1.S=c1[nH]nc(-c2ccccc2)n1C1CCCCC1. The van der Waals surface area contributed by atoms with Crippen molar-refractivity contribution in [3.8, 4) is 22.8 Å². The van der Waals surface area contributed by atoms with Crippen LogP contribution in [0.25, 0.3) is 22.8 Å². The van der Waals surface area contributed by atoms with Crippen molar-refractivity contribution >= 4 is 24.4 Å². The van der Waals surface area contributed by atoms with Crippen LogP contribution in [-0.2, 0) is 0 Å². The van der Waals surface area contributed by atoms with Crippen LogP contribution in [0.5, 0.6) is 0 Å². The summed E-state index contributed by atoms with van der Waals surface area (Å²) in [7, 11) is 0. The average molecular weight is 519 g/mol. The van der Waals surface area contributed by atoms with Gasteiger partial charge in [-0.3, -0.25) is 19.3 Å². The van der Waals surface area contributed by atoms with Gasteiger partial charge in [0.2, 0.25) is 0 Å². The molecule has 36 heavy (non-hydrogen) atoms. The van der Waals surface area contributed by atoms with Gasteiger partial charge in [0.25, 0.3) is 0 Å². The molecule has 6 rings (SSSR count). The second kappa shape index (κ2) is 11.9. The Kier molecular flexibility index (Phi) is 8.23. The van der Waals surface area contributed by atoms with Crippen molar-refractivity contribution in [3.05, 3.63) is 70.2 Å². The Hall–Kier alpha value is -2.84. The van der Waals surface area contributed by atoms with E-state index >= 15 is 0 Å². The van der Waals surface area contributed by atoms with Crippen molar-refractivity contribution in [2.75, 3.05) is 0 Å². The van der Waals surface area contributed by atoms with E-state index in [1.54, 1.807) is 0 Å². The Bertz CT molecular complexity index is 1230. The summed E-state index contributed by atoms with van der Waals surface area (Å²) in [5, 5.41) is 14.7. The third-order valence-corrected chi connectivity index (χ3v) is 7.93. The summed E-state index contributed by atoms with van der Waals surface area (Å²) in [6, 6.07) is 21.6. The second-order valence-corrected chi connectivity index (χ2v) is 10.5. The Morgan fingerprint density at radius 1 is 0.556 bits per heavy atom. The maximum absolute atomic E-state index is 5.40. The maximum atomic E-state index is 5.40. The Balaban J connectivity index is 0.000000148. The highest BCUT2D eigenvalue weighted by Gasteiger charge is 2.21. The first kappa shape index (κ1) is 24.8. The summed E-state index contributed by atoms with van der Waals surface area (Å²) in [6.07, 6.45) is 12.8. The molecule has 8 heteroatoms. The number of rotatable bonds is 4.